The van der Waals surface area contributed by atoms with Crippen LogP contribution in [0.3, 0.4) is 0 Å². The van der Waals surface area contributed by atoms with Gasteiger partial charge in [-0.1, -0.05) is 92.2 Å². The number of hydrogen-bond acceptors (Lipinski definition) is 0. The average molecular weight is 489 g/mol. The lowest BCUT2D eigenvalue weighted by Gasteiger charge is -2.27. The monoisotopic (exact) mass is 488 g/mol. The maximum atomic E-state index is 2.33. The Kier molecular flexibility index (Phi) is 8.64. The van der Waals surface area contributed by atoms with Crippen LogP contribution in [0.2, 0.25) is 0 Å². The van der Waals surface area contributed by atoms with Gasteiger partial charge in [-0.15, -0.1) is 0 Å². The molecule has 0 spiro atoms. The fourth-order valence-electron chi connectivity index (χ4n) is 4.34. The van der Waals surface area contributed by atoms with Gasteiger partial charge in [0, 0.05) is 6.42 Å². The van der Waals surface area contributed by atoms with E-state index in [1.165, 1.54) is 33.5 Å². The summed E-state index contributed by atoms with van der Waals surface area (Å²) in [6.45, 7) is 2.24. The zero-order valence-electron chi connectivity index (χ0n) is 18.1. The molecule has 4 rings (SSSR count). The molecular weight excluding hydrogens is 459 g/mol. The molecule has 0 saturated carbocycles. The maximum Gasteiger partial charge on any atom is 0.112 e. The number of rotatable bonds is 8. The van der Waals surface area contributed by atoms with Crippen LogP contribution in [0.4, 0.5) is 0 Å². The highest BCUT2D eigenvalue weighted by Crippen LogP contribution is 2.55. The zero-order chi connectivity index (χ0) is 20.7. The van der Waals surface area contributed by atoms with Crippen molar-refractivity contribution >= 4 is 23.2 Å². The molecule has 31 heavy (non-hydrogen) atoms. The summed E-state index contributed by atoms with van der Waals surface area (Å²) in [4.78, 5) is 0. The molecule has 0 aromatic heterocycles. The molecule has 0 aliphatic carbocycles. The first-order valence-corrected chi connectivity index (χ1v) is 12.9. The summed E-state index contributed by atoms with van der Waals surface area (Å²) in [6.07, 6.45) is 4.58. The molecule has 4 aromatic carbocycles. The summed E-state index contributed by atoms with van der Waals surface area (Å²) in [5.41, 5.74) is 2.87. The van der Waals surface area contributed by atoms with Crippen molar-refractivity contribution < 1.29 is 17.0 Å². The van der Waals surface area contributed by atoms with Gasteiger partial charge < -0.3 is 17.0 Å². The number of aryl methyl sites for hydroxylation is 2. The van der Waals surface area contributed by atoms with Gasteiger partial charge in [-0.2, -0.15) is 0 Å². The summed E-state index contributed by atoms with van der Waals surface area (Å²) in [5.74, 6) is 0. The van der Waals surface area contributed by atoms with Crippen molar-refractivity contribution in [3.8, 4) is 0 Å². The second kappa shape index (κ2) is 11.4. The summed E-state index contributed by atoms with van der Waals surface area (Å²) in [6, 6.07) is 42.8. The Hall–Kier alpha value is -2.21. The largest absolute Gasteiger partial charge is 1.00 e. The van der Waals surface area contributed by atoms with Crippen LogP contribution in [0.5, 0.6) is 0 Å². The first kappa shape index (κ1) is 23.5. The van der Waals surface area contributed by atoms with Gasteiger partial charge in [-0.3, -0.25) is 0 Å². The first-order chi connectivity index (χ1) is 14.8. The van der Waals surface area contributed by atoms with Gasteiger partial charge in [0.1, 0.15) is 23.2 Å². The fourth-order valence-corrected chi connectivity index (χ4v) is 8.65. The van der Waals surface area contributed by atoms with Crippen molar-refractivity contribution in [3.05, 3.63) is 126 Å². The molecule has 0 radical (unpaired) electrons. The van der Waals surface area contributed by atoms with Crippen molar-refractivity contribution in [2.45, 2.75) is 26.2 Å². The van der Waals surface area contributed by atoms with Gasteiger partial charge >= 0.3 is 0 Å². The van der Waals surface area contributed by atoms with Crippen LogP contribution in [0, 0.1) is 0 Å². The van der Waals surface area contributed by atoms with Crippen LogP contribution in [-0.2, 0) is 12.8 Å². The highest BCUT2D eigenvalue weighted by atomic mass is 79.9. The van der Waals surface area contributed by atoms with E-state index < -0.39 is 7.26 Å². The molecule has 0 bridgehead atoms. The number of hydrogen-bond donors (Lipinski definition) is 0. The van der Waals surface area contributed by atoms with Crippen LogP contribution in [0.15, 0.2) is 115 Å². The lowest BCUT2D eigenvalue weighted by atomic mass is 10.1. The lowest BCUT2D eigenvalue weighted by molar-refractivity contribution is -0.00000592. The molecule has 0 aliphatic rings. The topological polar surface area (TPSA) is 0 Å². The van der Waals surface area contributed by atoms with E-state index in [2.05, 4.69) is 122 Å². The Morgan fingerprint density at radius 1 is 0.484 bits per heavy atom. The molecule has 0 nitrogen and oxygen atoms in total. The smallest absolute Gasteiger partial charge is 0.112 e. The molecular formula is C29H30BrP. The van der Waals surface area contributed by atoms with Crippen molar-refractivity contribution in [1.82, 2.24) is 0 Å². The summed E-state index contributed by atoms with van der Waals surface area (Å²) in [5, 5.41) is 4.39. The highest BCUT2D eigenvalue weighted by molar-refractivity contribution is 7.95. The fraction of sp³-hybridized carbons (Fsp3) is 0.172. The van der Waals surface area contributed by atoms with Gasteiger partial charge in [0.25, 0.3) is 0 Å². The number of halogens is 1. The van der Waals surface area contributed by atoms with Gasteiger partial charge in [0.05, 0.1) is 6.16 Å². The second-order valence-electron chi connectivity index (χ2n) is 7.86. The van der Waals surface area contributed by atoms with Crippen LogP contribution < -0.4 is 32.9 Å². The lowest BCUT2D eigenvalue weighted by Crippen LogP contribution is -3.00. The Morgan fingerprint density at radius 3 is 1.19 bits per heavy atom. The average Bonchev–Trinajstić information content (AvgIpc) is 2.83. The predicted molar refractivity (Wildman–Crippen MR) is 134 cm³/mol. The van der Waals surface area contributed by atoms with Crippen molar-refractivity contribution in [2.75, 3.05) is 6.16 Å². The Balaban J connectivity index is 0.00000272. The van der Waals surface area contributed by atoms with Crippen LogP contribution in [-0.4, -0.2) is 6.16 Å². The summed E-state index contributed by atoms with van der Waals surface area (Å²) < 4.78 is 0. The van der Waals surface area contributed by atoms with Gasteiger partial charge in [0.2, 0.25) is 0 Å². The zero-order valence-corrected chi connectivity index (χ0v) is 20.6. The molecule has 0 heterocycles. The van der Waals surface area contributed by atoms with Crippen LogP contribution >= 0.6 is 7.26 Å². The normalized spacial score (nSPS) is 11.0. The molecule has 0 fully saturated rings. The molecule has 4 aromatic rings. The van der Waals surface area contributed by atoms with E-state index in [4.69, 9.17) is 0 Å². The third-order valence-corrected chi connectivity index (χ3v) is 10.3. The van der Waals surface area contributed by atoms with E-state index in [0.29, 0.717) is 0 Å². The Labute approximate surface area is 198 Å². The van der Waals surface area contributed by atoms with Crippen molar-refractivity contribution in [1.29, 1.82) is 0 Å². The first-order valence-electron chi connectivity index (χ1n) is 11.0. The molecule has 0 aliphatic heterocycles. The van der Waals surface area contributed by atoms with E-state index in [9.17, 15) is 0 Å². The van der Waals surface area contributed by atoms with Crippen LogP contribution in [0.25, 0.3) is 0 Å². The maximum absolute atomic E-state index is 2.33. The van der Waals surface area contributed by atoms with Crippen molar-refractivity contribution in [2.24, 2.45) is 0 Å². The minimum absolute atomic E-state index is 0. The highest BCUT2D eigenvalue weighted by Gasteiger charge is 2.44. The second-order valence-corrected chi connectivity index (χ2v) is 11.5. The standard InChI is InChI=1S/C29H30P.BrH/c1-2-12-25-19-21-26(22-20-25)23-24-30(27-13-6-3-7-14-27,28-15-8-4-9-16-28)29-17-10-5-11-18-29;/h3-11,13-22H,2,12,23-24H2,1H3;1H/q+1;/p-1. The van der Waals surface area contributed by atoms with E-state index in [-0.39, 0.29) is 17.0 Å². The van der Waals surface area contributed by atoms with E-state index >= 15 is 0 Å². The van der Waals surface area contributed by atoms with Crippen LogP contribution in [0.1, 0.15) is 24.5 Å². The van der Waals surface area contributed by atoms with Crippen molar-refractivity contribution in [3.63, 3.8) is 0 Å². The Bertz CT molecular complexity index is 932. The Morgan fingerprint density at radius 2 is 0.839 bits per heavy atom. The van der Waals surface area contributed by atoms with E-state index in [0.717, 1.165) is 19.0 Å². The molecule has 0 unspecified atom stereocenters. The van der Waals surface area contributed by atoms with E-state index in [1.807, 2.05) is 0 Å². The third-order valence-electron chi connectivity index (χ3n) is 5.89. The predicted octanol–water partition coefficient (Wildman–Crippen LogP) is 3.18. The van der Waals surface area contributed by atoms with Gasteiger partial charge in [0.15, 0.2) is 0 Å². The molecule has 2 heteroatoms. The van der Waals surface area contributed by atoms with Gasteiger partial charge in [-0.25, -0.2) is 0 Å². The molecule has 0 N–H and O–H groups in total. The number of benzene rings is 4. The molecule has 0 saturated heterocycles. The molecule has 0 atom stereocenters. The molecule has 0 amide bonds. The van der Waals surface area contributed by atoms with E-state index in [1.54, 1.807) is 0 Å². The quantitative estimate of drug-likeness (QED) is 0.334. The van der Waals surface area contributed by atoms with Gasteiger partial charge in [-0.05, 0) is 53.9 Å². The minimum atomic E-state index is -1.74. The molecule has 158 valence electrons. The SMILES string of the molecule is CCCc1ccc(CC[P+](c2ccccc2)(c2ccccc2)c2ccccc2)cc1.[Br-]. The summed E-state index contributed by atoms with van der Waals surface area (Å²) in [7, 11) is -1.74. The minimum Gasteiger partial charge on any atom is -1.00 e. The summed E-state index contributed by atoms with van der Waals surface area (Å²) >= 11 is 0. The third kappa shape index (κ3) is 5.35.